The molecule has 1 aromatic heterocycles. The molecule has 4 nitrogen and oxygen atoms in total. The highest BCUT2D eigenvalue weighted by Gasteiger charge is 2.24. The maximum absolute atomic E-state index is 4.36. The van der Waals surface area contributed by atoms with Gasteiger partial charge in [0.2, 0.25) is 0 Å². The summed E-state index contributed by atoms with van der Waals surface area (Å²) in [5, 5.41) is 9.14. The van der Waals surface area contributed by atoms with Crippen LogP contribution in [0.15, 0.2) is 22.5 Å². The third-order valence-corrected chi connectivity index (χ3v) is 5.88. The van der Waals surface area contributed by atoms with Crippen LogP contribution in [-0.4, -0.2) is 56.1 Å². The highest BCUT2D eigenvalue weighted by atomic mass is 32.2. The predicted octanol–water partition coefficient (Wildman–Crippen LogP) is 3.19. The number of guanidine groups is 1. The summed E-state index contributed by atoms with van der Waals surface area (Å²) in [7, 11) is 1.85. The van der Waals surface area contributed by atoms with Gasteiger partial charge in [-0.05, 0) is 62.2 Å². The number of likely N-dealkylation sites (tertiary alicyclic amines) is 1. The lowest BCUT2D eigenvalue weighted by molar-refractivity contribution is 0.249. The van der Waals surface area contributed by atoms with Crippen molar-refractivity contribution in [3.05, 3.63) is 22.4 Å². The Balaban J connectivity index is 1.79. The molecule has 1 unspecified atom stereocenters. The molecule has 0 saturated carbocycles. The second kappa shape index (κ2) is 10.9. The van der Waals surface area contributed by atoms with Crippen LogP contribution < -0.4 is 10.6 Å². The molecule has 2 rings (SSSR count). The van der Waals surface area contributed by atoms with Crippen molar-refractivity contribution in [2.24, 2.45) is 4.99 Å². The maximum atomic E-state index is 4.36. The van der Waals surface area contributed by atoms with Crippen molar-refractivity contribution in [1.29, 1.82) is 0 Å². The minimum atomic E-state index is 0.465. The summed E-state index contributed by atoms with van der Waals surface area (Å²) in [6, 6.07) is 4.88. The number of hydrogen-bond donors (Lipinski definition) is 2. The number of unbranched alkanes of at least 4 members (excludes halogenated alkanes) is 1. The fourth-order valence-electron chi connectivity index (χ4n) is 2.94. The van der Waals surface area contributed by atoms with Crippen molar-refractivity contribution < 1.29 is 0 Å². The number of rotatable bonds is 9. The minimum absolute atomic E-state index is 0.465. The van der Waals surface area contributed by atoms with Crippen LogP contribution in [0.1, 0.15) is 36.6 Å². The molecule has 23 heavy (non-hydrogen) atoms. The van der Waals surface area contributed by atoms with Crippen molar-refractivity contribution in [2.75, 3.05) is 45.2 Å². The molecule has 1 atom stereocenters. The summed E-state index contributed by atoms with van der Waals surface area (Å²) >= 11 is 3.77. The van der Waals surface area contributed by atoms with Crippen molar-refractivity contribution in [1.82, 2.24) is 15.5 Å². The average Bonchev–Trinajstić information content (AvgIpc) is 3.27. The average molecular weight is 355 g/mol. The predicted molar refractivity (Wildman–Crippen MR) is 105 cm³/mol. The number of thiophene rings is 1. The molecule has 2 N–H and O–H groups in total. The van der Waals surface area contributed by atoms with Crippen LogP contribution in [0.2, 0.25) is 0 Å². The molecule has 0 radical (unpaired) electrons. The Labute approximate surface area is 149 Å². The summed E-state index contributed by atoms with van der Waals surface area (Å²) in [6.45, 7) is 4.34. The van der Waals surface area contributed by atoms with Gasteiger partial charge < -0.3 is 10.6 Å². The molecular weight excluding hydrogens is 324 g/mol. The van der Waals surface area contributed by atoms with Gasteiger partial charge in [0.15, 0.2) is 5.96 Å². The third-order valence-electron chi connectivity index (χ3n) is 4.21. The molecule has 6 heteroatoms. The smallest absolute Gasteiger partial charge is 0.191 e. The molecule has 0 aromatic carbocycles. The normalized spacial score (nSPS) is 17.4. The molecule has 1 aromatic rings. The number of nitrogens with one attached hydrogen (secondary N) is 2. The first-order chi connectivity index (χ1) is 11.3. The zero-order valence-electron chi connectivity index (χ0n) is 14.4. The van der Waals surface area contributed by atoms with Crippen molar-refractivity contribution in [3.63, 3.8) is 0 Å². The largest absolute Gasteiger partial charge is 0.356 e. The van der Waals surface area contributed by atoms with Gasteiger partial charge in [-0.25, -0.2) is 0 Å². The fourth-order valence-corrected chi connectivity index (χ4v) is 4.29. The Morgan fingerprint density at radius 2 is 2.17 bits per heavy atom. The van der Waals surface area contributed by atoms with E-state index < -0.39 is 0 Å². The van der Waals surface area contributed by atoms with Crippen LogP contribution in [0.3, 0.4) is 0 Å². The van der Waals surface area contributed by atoms with Gasteiger partial charge >= 0.3 is 0 Å². The van der Waals surface area contributed by atoms with Gasteiger partial charge in [-0.1, -0.05) is 6.07 Å². The standard InChI is InChI=1S/C17H30N4S2/c1-18-17(19-9-3-6-12-22-2)20-14-15(16-8-7-13-23-16)21-10-4-5-11-21/h7-8,13,15H,3-6,9-12,14H2,1-2H3,(H2,18,19,20). The van der Waals surface area contributed by atoms with Crippen LogP contribution in [0.5, 0.6) is 0 Å². The molecule has 1 aliphatic heterocycles. The summed E-state index contributed by atoms with van der Waals surface area (Å²) < 4.78 is 0. The van der Waals surface area contributed by atoms with E-state index in [1.54, 1.807) is 0 Å². The second-order valence-corrected chi connectivity index (χ2v) is 7.82. The Kier molecular flexibility index (Phi) is 8.86. The third kappa shape index (κ3) is 6.36. The molecular formula is C17H30N4S2. The SMILES string of the molecule is CN=C(NCCCCSC)NCC(c1cccs1)N1CCCC1. The molecule has 0 bridgehead atoms. The van der Waals surface area contributed by atoms with Crippen molar-refractivity contribution in [3.8, 4) is 0 Å². The van der Waals surface area contributed by atoms with Crippen LogP contribution >= 0.6 is 23.1 Å². The zero-order chi connectivity index (χ0) is 16.3. The topological polar surface area (TPSA) is 39.7 Å². The molecule has 1 saturated heterocycles. The lowest BCUT2D eigenvalue weighted by Crippen LogP contribution is -2.42. The van der Waals surface area contributed by atoms with E-state index in [4.69, 9.17) is 0 Å². The van der Waals surface area contributed by atoms with E-state index in [1.807, 2.05) is 30.1 Å². The monoisotopic (exact) mass is 354 g/mol. The molecule has 0 spiro atoms. The van der Waals surface area contributed by atoms with Gasteiger partial charge in [0.25, 0.3) is 0 Å². The van der Waals surface area contributed by atoms with Gasteiger partial charge in [0.1, 0.15) is 0 Å². The van der Waals surface area contributed by atoms with E-state index in [-0.39, 0.29) is 0 Å². The van der Waals surface area contributed by atoms with Gasteiger partial charge in [-0.2, -0.15) is 11.8 Å². The van der Waals surface area contributed by atoms with Gasteiger partial charge in [0.05, 0.1) is 6.04 Å². The van der Waals surface area contributed by atoms with Gasteiger partial charge in [-0.3, -0.25) is 9.89 Å². The number of aliphatic imine (C=N–C) groups is 1. The van der Waals surface area contributed by atoms with Gasteiger partial charge in [0, 0.05) is 25.0 Å². The molecule has 1 fully saturated rings. The highest BCUT2D eigenvalue weighted by Crippen LogP contribution is 2.27. The summed E-state index contributed by atoms with van der Waals surface area (Å²) in [4.78, 5) is 8.42. The maximum Gasteiger partial charge on any atom is 0.191 e. The fraction of sp³-hybridized carbons (Fsp3) is 0.706. The first-order valence-electron chi connectivity index (χ1n) is 8.56. The van der Waals surface area contributed by atoms with E-state index >= 15 is 0 Å². The van der Waals surface area contributed by atoms with E-state index in [0.717, 1.165) is 19.0 Å². The van der Waals surface area contributed by atoms with E-state index in [0.29, 0.717) is 6.04 Å². The molecule has 0 amide bonds. The van der Waals surface area contributed by atoms with Crippen LogP contribution in [0.4, 0.5) is 0 Å². The van der Waals surface area contributed by atoms with Gasteiger partial charge in [-0.15, -0.1) is 11.3 Å². The van der Waals surface area contributed by atoms with E-state index in [9.17, 15) is 0 Å². The summed E-state index contributed by atoms with van der Waals surface area (Å²) in [6.07, 6.45) is 7.27. The van der Waals surface area contributed by atoms with Crippen molar-refractivity contribution >= 4 is 29.1 Å². The lowest BCUT2D eigenvalue weighted by atomic mass is 10.2. The number of hydrogen-bond acceptors (Lipinski definition) is 4. The lowest BCUT2D eigenvalue weighted by Gasteiger charge is -2.27. The van der Waals surface area contributed by atoms with Crippen LogP contribution in [0.25, 0.3) is 0 Å². The van der Waals surface area contributed by atoms with Crippen molar-refractivity contribution in [2.45, 2.75) is 31.7 Å². The number of nitrogens with zero attached hydrogens (tertiary/aromatic N) is 2. The molecule has 1 aliphatic rings. The Bertz CT molecular complexity index is 441. The first kappa shape index (κ1) is 18.6. The Morgan fingerprint density at radius 3 is 2.83 bits per heavy atom. The Hall–Kier alpha value is -0.720. The molecule has 130 valence electrons. The summed E-state index contributed by atoms with van der Waals surface area (Å²) in [5.74, 6) is 2.17. The highest BCUT2D eigenvalue weighted by molar-refractivity contribution is 7.98. The zero-order valence-corrected chi connectivity index (χ0v) is 16.0. The second-order valence-electron chi connectivity index (χ2n) is 5.85. The Morgan fingerprint density at radius 1 is 1.35 bits per heavy atom. The van der Waals surface area contributed by atoms with E-state index in [2.05, 4.69) is 44.3 Å². The minimum Gasteiger partial charge on any atom is -0.356 e. The van der Waals surface area contributed by atoms with Crippen LogP contribution in [0, 0.1) is 0 Å². The summed E-state index contributed by atoms with van der Waals surface area (Å²) in [5.41, 5.74) is 0. The first-order valence-corrected chi connectivity index (χ1v) is 10.8. The number of thioether (sulfide) groups is 1. The van der Waals surface area contributed by atoms with E-state index in [1.165, 1.54) is 49.4 Å². The molecule has 2 heterocycles. The quantitative estimate of drug-likeness (QED) is 0.406. The molecule has 0 aliphatic carbocycles. The van der Waals surface area contributed by atoms with Crippen LogP contribution in [-0.2, 0) is 0 Å².